The average Bonchev–Trinajstić information content (AvgIpc) is 3.45. The average molecular weight is 685 g/mol. The van der Waals surface area contributed by atoms with Crippen molar-refractivity contribution in [2.45, 2.75) is 103 Å². The summed E-state index contributed by atoms with van der Waals surface area (Å²) in [6, 6.07) is 22.6. The number of nitrogens with one attached hydrogen (secondary N) is 2. The third-order valence-electron chi connectivity index (χ3n) is 9.18. The molecule has 268 valence electrons. The normalized spacial score (nSPS) is 13.5. The molecule has 0 radical (unpaired) electrons. The van der Waals surface area contributed by atoms with Crippen molar-refractivity contribution in [1.82, 2.24) is 10.6 Å². The summed E-state index contributed by atoms with van der Waals surface area (Å²) in [6.45, 7) is 5.99. The SMILES string of the molecule is CCCCCC1(C(=O)NCC(F)F)c2ccccc2-c2ccccc21.CCCCCCC.CNC(=O)c1ccccc1C(=O)C1=CC=CCC1. The van der Waals surface area contributed by atoms with Crippen molar-refractivity contribution in [1.29, 1.82) is 0 Å². The van der Waals surface area contributed by atoms with Crippen LogP contribution in [0.25, 0.3) is 11.1 Å². The highest BCUT2D eigenvalue weighted by Gasteiger charge is 2.48. The third-order valence-corrected chi connectivity index (χ3v) is 9.18. The lowest BCUT2D eigenvalue weighted by atomic mass is 9.73. The Morgan fingerprint density at radius 2 is 1.28 bits per heavy atom. The Hall–Kier alpha value is -4.39. The fraction of sp³-hybridized carbons (Fsp3) is 0.419. The second-order valence-electron chi connectivity index (χ2n) is 12.7. The van der Waals surface area contributed by atoms with Crippen molar-refractivity contribution >= 4 is 17.6 Å². The van der Waals surface area contributed by atoms with Crippen molar-refractivity contribution in [2.75, 3.05) is 13.6 Å². The van der Waals surface area contributed by atoms with Gasteiger partial charge < -0.3 is 10.6 Å². The molecule has 2 aliphatic carbocycles. The van der Waals surface area contributed by atoms with Crippen LogP contribution in [-0.2, 0) is 10.2 Å². The van der Waals surface area contributed by atoms with Crippen LogP contribution in [0.1, 0.15) is 123 Å². The van der Waals surface area contributed by atoms with Gasteiger partial charge in [0.1, 0.15) is 5.41 Å². The van der Waals surface area contributed by atoms with Gasteiger partial charge >= 0.3 is 0 Å². The molecule has 3 aromatic rings. The lowest BCUT2D eigenvalue weighted by molar-refractivity contribution is -0.126. The van der Waals surface area contributed by atoms with Gasteiger partial charge in [-0.25, -0.2) is 8.78 Å². The fourth-order valence-electron chi connectivity index (χ4n) is 6.57. The molecule has 2 N–H and O–H groups in total. The number of rotatable bonds is 14. The van der Waals surface area contributed by atoms with Crippen LogP contribution in [0, 0.1) is 0 Å². The van der Waals surface area contributed by atoms with Gasteiger partial charge in [-0.05, 0) is 47.6 Å². The van der Waals surface area contributed by atoms with Crippen molar-refractivity contribution < 1.29 is 23.2 Å². The fourth-order valence-corrected chi connectivity index (χ4v) is 6.57. The van der Waals surface area contributed by atoms with Crippen LogP contribution in [0.5, 0.6) is 0 Å². The summed E-state index contributed by atoms with van der Waals surface area (Å²) < 4.78 is 25.4. The molecule has 0 unspecified atom stereocenters. The summed E-state index contributed by atoms with van der Waals surface area (Å²) in [4.78, 5) is 37.2. The highest BCUT2D eigenvalue weighted by Crippen LogP contribution is 2.51. The minimum Gasteiger partial charge on any atom is -0.355 e. The molecule has 0 atom stereocenters. The van der Waals surface area contributed by atoms with E-state index in [0.29, 0.717) is 17.5 Å². The van der Waals surface area contributed by atoms with Gasteiger partial charge in [0.2, 0.25) is 5.91 Å². The molecular formula is C43H54F2N2O3. The molecule has 0 fully saturated rings. The lowest BCUT2D eigenvalue weighted by Crippen LogP contribution is -2.45. The molecule has 0 aromatic heterocycles. The Morgan fingerprint density at radius 3 is 1.80 bits per heavy atom. The molecule has 0 heterocycles. The number of allylic oxidation sites excluding steroid dienone is 4. The summed E-state index contributed by atoms with van der Waals surface area (Å²) in [5, 5.41) is 5.04. The molecule has 3 aromatic carbocycles. The first-order valence-corrected chi connectivity index (χ1v) is 18.2. The maximum absolute atomic E-state index is 13.1. The number of unbranched alkanes of at least 4 members (excludes halogenated alkanes) is 6. The van der Waals surface area contributed by atoms with Crippen molar-refractivity contribution in [3.8, 4) is 11.1 Å². The van der Waals surface area contributed by atoms with E-state index in [1.807, 2.05) is 66.8 Å². The lowest BCUT2D eigenvalue weighted by Gasteiger charge is -2.31. The number of hydrogen-bond donors (Lipinski definition) is 2. The van der Waals surface area contributed by atoms with E-state index in [9.17, 15) is 23.2 Å². The van der Waals surface area contributed by atoms with Crippen LogP contribution < -0.4 is 10.6 Å². The number of amides is 2. The molecule has 0 spiro atoms. The monoisotopic (exact) mass is 684 g/mol. The number of carbonyl (C=O) groups is 3. The first kappa shape index (κ1) is 40.0. The highest BCUT2D eigenvalue weighted by molar-refractivity contribution is 6.15. The van der Waals surface area contributed by atoms with Crippen LogP contribution in [0.4, 0.5) is 8.78 Å². The number of carbonyl (C=O) groups excluding carboxylic acids is 3. The van der Waals surface area contributed by atoms with Crippen molar-refractivity contribution in [3.63, 3.8) is 0 Å². The Kier molecular flexibility index (Phi) is 16.8. The molecule has 0 saturated heterocycles. The highest BCUT2D eigenvalue weighted by atomic mass is 19.3. The molecule has 2 aliphatic rings. The molecule has 5 rings (SSSR count). The summed E-state index contributed by atoms with van der Waals surface area (Å²) in [5.74, 6) is -0.606. The smallest absolute Gasteiger partial charge is 0.255 e. The van der Waals surface area contributed by atoms with Gasteiger partial charge in [-0.3, -0.25) is 14.4 Å². The number of Topliss-reactive ketones (excluding diaryl/α,β-unsaturated/α-hetero) is 1. The van der Waals surface area contributed by atoms with Gasteiger partial charge in [0.25, 0.3) is 12.3 Å². The predicted octanol–water partition coefficient (Wildman–Crippen LogP) is 10.4. The van der Waals surface area contributed by atoms with Gasteiger partial charge in [-0.2, -0.15) is 0 Å². The van der Waals surface area contributed by atoms with E-state index in [1.54, 1.807) is 31.3 Å². The van der Waals surface area contributed by atoms with Gasteiger partial charge in [0.05, 0.1) is 12.1 Å². The van der Waals surface area contributed by atoms with Gasteiger partial charge in [0.15, 0.2) is 5.78 Å². The van der Waals surface area contributed by atoms with E-state index >= 15 is 0 Å². The Morgan fingerprint density at radius 1 is 0.740 bits per heavy atom. The van der Waals surface area contributed by atoms with E-state index in [4.69, 9.17) is 0 Å². The predicted molar refractivity (Wildman–Crippen MR) is 201 cm³/mol. The Balaban J connectivity index is 0.000000236. The second-order valence-corrected chi connectivity index (χ2v) is 12.7. The van der Waals surface area contributed by atoms with Crippen LogP contribution in [0.2, 0.25) is 0 Å². The minimum absolute atomic E-state index is 0.0569. The largest absolute Gasteiger partial charge is 0.355 e. The van der Waals surface area contributed by atoms with Gasteiger partial charge in [0, 0.05) is 18.2 Å². The number of hydrogen-bond acceptors (Lipinski definition) is 3. The maximum Gasteiger partial charge on any atom is 0.255 e. The first-order chi connectivity index (χ1) is 24.3. The standard InChI is InChI=1S/C21H23F2NO.C15H15NO2.C7H16/c1-2-3-8-13-21(20(25)24-14-19(22)23)17-11-6-4-9-15(17)16-10-5-7-12-18(16)21;1-16-15(18)13-10-6-5-9-12(13)14(17)11-7-3-2-4-8-11;1-3-5-7-6-4-2/h4-7,9-12,19H,2-3,8,13-14H2,1H3,(H,24,25);2-3,5-7,9-10H,4,8H2,1H3,(H,16,18);3-7H2,1-2H3. The quantitative estimate of drug-likeness (QED) is 0.131. The van der Waals surface area contributed by atoms with E-state index in [0.717, 1.165) is 59.9 Å². The maximum atomic E-state index is 13.1. The molecular weight excluding hydrogens is 630 g/mol. The molecule has 0 bridgehead atoms. The minimum atomic E-state index is -2.55. The Labute approximate surface area is 297 Å². The molecule has 5 nitrogen and oxygen atoms in total. The molecule has 0 saturated carbocycles. The topological polar surface area (TPSA) is 75.3 Å². The van der Waals surface area contributed by atoms with Crippen LogP contribution >= 0.6 is 0 Å². The third kappa shape index (κ3) is 10.3. The summed E-state index contributed by atoms with van der Waals surface area (Å²) >= 11 is 0. The van der Waals surface area contributed by atoms with E-state index in [-0.39, 0.29) is 17.6 Å². The zero-order valence-corrected chi connectivity index (χ0v) is 30.2. The number of benzene rings is 3. The number of halogens is 2. The van der Waals surface area contributed by atoms with Crippen molar-refractivity contribution in [2.24, 2.45) is 0 Å². The van der Waals surface area contributed by atoms with Crippen LogP contribution in [0.3, 0.4) is 0 Å². The van der Waals surface area contributed by atoms with E-state index in [1.165, 1.54) is 32.1 Å². The zero-order valence-electron chi connectivity index (χ0n) is 30.2. The number of ketones is 1. The second kappa shape index (κ2) is 21.0. The molecule has 2 amide bonds. The molecule has 7 heteroatoms. The molecule has 0 aliphatic heterocycles. The van der Waals surface area contributed by atoms with Crippen LogP contribution in [0.15, 0.2) is 96.6 Å². The van der Waals surface area contributed by atoms with Gasteiger partial charge in [-0.15, -0.1) is 0 Å². The van der Waals surface area contributed by atoms with E-state index < -0.39 is 18.4 Å². The van der Waals surface area contributed by atoms with E-state index in [2.05, 4.69) is 31.4 Å². The zero-order chi connectivity index (χ0) is 36.4. The van der Waals surface area contributed by atoms with Gasteiger partial charge in [-0.1, -0.05) is 157 Å². The number of fused-ring (bicyclic) bond motifs is 3. The molecule has 50 heavy (non-hydrogen) atoms. The number of alkyl halides is 2. The first-order valence-electron chi connectivity index (χ1n) is 18.2. The summed E-state index contributed by atoms with van der Waals surface area (Å²) in [6.07, 6.45) is 15.4. The summed E-state index contributed by atoms with van der Waals surface area (Å²) in [7, 11) is 1.56. The van der Waals surface area contributed by atoms with Crippen LogP contribution in [-0.4, -0.2) is 37.6 Å². The summed E-state index contributed by atoms with van der Waals surface area (Å²) in [5.41, 5.74) is 4.70. The Bertz CT molecular complexity index is 1560. The van der Waals surface area contributed by atoms with Crippen molar-refractivity contribution in [3.05, 3.63) is 119 Å².